The molecule has 0 atom stereocenters. The second kappa shape index (κ2) is 5.93. The van der Waals surface area contributed by atoms with Crippen LogP contribution in [0, 0.1) is 0 Å². The summed E-state index contributed by atoms with van der Waals surface area (Å²) in [5, 5.41) is 3.50. The van der Waals surface area contributed by atoms with Crippen LogP contribution in [-0.2, 0) is 13.0 Å². The van der Waals surface area contributed by atoms with Crippen LogP contribution in [0.25, 0.3) is 0 Å². The van der Waals surface area contributed by atoms with Gasteiger partial charge in [0, 0.05) is 31.6 Å². The van der Waals surface area contributed by atoms with Crippen molar-refractivity contribution in [3.05, 3.63) is 29.3 Å². The number of fused-ring (bicyclic) bond motifs is 1. The Kier molecular flexibility index (Phi) is 4.48. The number of benzene rings is 1. The van der Waals surface area contributed by atoms with Gasteiger partial charge in [-0.3, -0.25) is 0 Å². The van der Waals surface area contributed by atoms with E-state index < -0.39 is 0 Å². The molecular weight excluding hydrogens is 236 g/mol. The van der Waals surface area contributed by atoms with Crippen molar-refractivity contribution in [2.24, 2.45) is 0 Å². The first-order valence-corrected chi connectivity index (χ1v) is 7.21. The lowest BCUT2D eigenvalue weighted by molar-refractivity contribution is 0.137. The summed E-state index contributed by atoms with van der Waals surface area (Å²) in [6, 6.07) is 6.48. The van der Waals surface area contributed by atoms with Crippen molar-refractivity contribution in [1.29, 1.82) is 0 Å². The molecule has 0 bridgehead atoms. The standard InChI is InChI=1S/C16H26N2O/c1-5-18(4)10-9-17-12-14-8-6-7-13-11-16(2,3)19-15(13)14/h6-8,17H,5,9-12H2,1-4H3. The third-order valence-electron chi connectivity index (χ3n) is 3.70. The van der Waals surface area contributed by atoms with Crippen LogP contribution >= 0.6 is 0 Å². The summed E-state index contributed by atoms with van der Waals surface area (Å²) < 4.78 is 6.07. The van der Waals surface area contributed by atoms with E-state index in [9.17, 15) is 0 Å². The van der Waals surface area contributed by atoms with Gasteiger partial charge in [0.15, 0.2) is 0 Å². The Labute approximate surface area is 116 Å². The lowest BCUT2D eigenvalue weighted by Gasteiger charge is -2.18. The van der Waals surface area contributed by atoms with Gasteiger partial charge in [0.1, 0.15) is 11.4 Å². The number of rotatable bonds is 6. The van der Waals surface area contributed by atoms with Crippen molar-refractivity contribution in [2.75, 3.05) is 26.7 Å². The first-order valence-electron chi connectivity index (χ1n) is 7.21. The minimum Gasteiger partial charge on any atom is -0.487 e. The predicted octanol–water partition coefficient (Wildman–Crippen LogP) is 2.44. The predicted molar refractivity (Wildman–Crippen MR) is 79.7 cm³/mol. The van der Waals surface area contributed by atoms with Gasteiger partial charge in [0.05, 0.1) is 0 Å². The molecule has 0 saturated heterocycles. The van der Waals surface area contributed by atoms with Crippen LogP contribution < -0.4 is 10.1 Å². The van der Waals surface area contributed by atoms with Gasteiger partial charge in [0.2, 0.25) is 0 Å². The fourth-order valence-electron chi connectivity index (χ4n) is 2.47. The number of para-hydroxylation sites is 1. The van der Waals surface area contributed by atoms with E-state index in [0.717, 1.165) is 38.3 Å². The van der Waals surface area contributed by atoms with Crippen LogP contribution in [0.4, 0.5) is 0 Å². The molecule has 1 aromatic carbocycles. The van der Waals surface area contributed by atoms with Crippen LogP contribution in [0.3, 0.4) is 0 Å². The quantitative estimate of drug-likeness (QED) is 0.797. The highest BCUT2D eigenvalue weighted by Gasteiger charge is 2.31. The number of nitrogens with one attached hydrogen (secondary N) is 1. The molecule has 3 nitrogen and oxygen atoms in total. The molecule has 1 N–H and O–H groups in total. The van der Waals surface area contributed by atoms with Crippen molar-refractivity contribution >= 4 is 0 Å². The minimum atomic E-state index is -0.0547. The monoisotopic (exact) mass is 262 g/mol. The Balaban J connectivity index is 1.91. The third kappa shape index (κ3) is 3.71. The van der Waals surface area contributed by atoms with E-state index in [4.69, 9.17) is 4.74 Å². The molecule has 0 spiro atoms. The molecule has 0 radical (unpaired) electrons. The zero-order valence-corrected chi connectivity index (χ0v) is 12.6. The zero-order valence-electron chi connectivity index (χ0n) is 12.6. The summed E-state index contributed by atoms with van der Waals surface area (Å²) in [5.74, 6) is 1.10. The SMILES string of the molecule is CCN(C)CCNCc1cccc2c1OC(C)(C)C2. The van der Waals surface area contributed by atoms with E-state index in [0.29, 0.717) is 0 Å². The fourth-order valence-corrected chi connectivity index (χ4v) is 2.47. The normalized spacial score (nSPS) is 16.5. The molecule has 0 saturated carbocycles. The molecule has 106 valence electrons. The fraction of sp³-hybridized carbons (Fsp3) is 0.625. The summed E-state index contributed by atoms with van der Waals surface area (Å²) in [6.07, 6.45) is 1.01. The van der Waals surface area contributed by atoms with Crippen LogP contribution in [-0.4, -0.2) is 37.2 Å². The Hall–Kier alpha value is -1.06. The molecule has 1 heterocycles. The van der Waals surface area contributed by atoms with Gasteiger partial charge in [-0.05, 0) is 33.0 Å². The number of hydrogen-bond donors (Lipinski definition) is 1. The average molecular weight is 262 g/mol. The summed E-state index contributed by atoms with van der Waals surface area (Å²) >= 11 is 0. The average Bonchev–Trinajstić information content (AvgIpc) is 2.68. The Morgan fingerprint density at radius 1 is 1.37 bits per heavy atom. The maximum atomic E-state index is 6.07. The van der Waals surface area contributed by atoms with E-state index in [2.05, 4.69) is 56.2 Å². The van der Waals surface area contributed by atoms with E-state index in [1.807, 2.05) is 0 Å². The Morgan fingerprint density at radius 2 is 2.16 bits per heavy atom. The number of hydrogen-bond acceptors (Lipinski definition) is 3. The summed E-state index contributed by atoms with van der Waals surface area (Å²) in [6.45, 7) is 10.6. The van der Waals surface area contributed by atoms with E-state index in [1.54, 1.807) is 0 Å². The first kappa shape index (κ1) is 14.4. The highest BCUT2D eigenvalue weighted by Crippen LogP contribution is 2.37. The number of nitrogens with zero attached hydrogens (tertiary/aromatic N) is 1. The molecule has 19 heavy (non-hydrogen) atoms. The highest BCUT2D eigenvalue weighted by molar-refractivity contribution is 5.45. The second-order valence-electron chi connectivity index (χ2n) is 6.02. The van der Waals surface area contributed by atoms with Gasteiger partial charge in [0.25, 0.3) is 0 Å². The van der Waals surface area contributed by atoms with E-state index >= 15 is 0 Å². The molecule has 1 aliphatic heterocycles. The smallest absolute Gasteiger partial charge is 0.127 e. The Morgan fingerprint density at radius 3 is 2.89 bits per heavy atom. The van der Waals surface area contributed by atoms with E-state index in [1.165, 1.54) is 11.1 Å². The summed E-state index contributed by atoms with van der Waals surface area (Å²) in [5.41, 5.74) is 2.57. The summed E-state index contributed by atoms with van der Waals surface area (Å²) in [7, 11) is 2.15. The maximum Gasteiger partial charge on any atom is 0.127 e. The van der Waals surface area contributed by atoms with Gasteiger partial charge in [-0.1, -0.05) is 25.1 Å². The lowest BCUT2D eigenvalue weighted by atomic mass is 10.0. The van der Waals surface area contributed by atoms with Crippen LogP contribution in [0.2, 0.25) is 0 Å². The molecule has 1 aromatic rings. The molecule has 0 amide bonds. The molecule has 0 unspecified atom stereocenters. The maximum absolute atomic E-state index is 6.07. The zero-order chi connectivity index (χ0) is 13.9. The lowest BCUT2D eigenvalue weighted by Crippen LogP contribution is -2.29. The van der Waals surface area contributed by atoms with Gasteiger partial charge >= 0.3 is 0 Å². The summed E-state index contributed by atoms with van der Waals surface area (Å²) in [4.78, 5) is 2.31. The van der Waals surface area contributed by atoms with Crippen molar-refractivity contribution in [3.8, 4) is 5.75 Å². The minimum absolute atomic E-state index is 0.0547. The van der Waals surface area contributed by atoms with Crippen LogP contribution in [0.5, 0.6) is 5.75 Å². The van der Waals surface area contributed by atoms with Gasteiger partial charge in [-0.2, -0.15) is 0 Å². The molecule has 0 fully saturated rings. The first-order chi connectivity index (χ1) is 9.02. The Bertz CT molecular complexity index is 429. The van der Waals surface area contributed by atoms with Crippen molar-refractivity contribution in [1.82, 2.24) is 10.2 Å². The topological polar surface area (TPSA) is 24.5 Å². The van der Waals surface area contributed by atoms with Gasteiger partial charge < -0.3 is 15.0 Å². The molecule has 3 heteroatoms. The van der Waals surface area contributed by atoms with E-state index in [-0.39, 0.29) is 5.60 Å². The number of likely N-dealkylation sites (N-methyl/N-ethyl adjacent to an activating group) is 1. The van der Waals surface area contributed by atoms with Crippen molar-refractivity contribution in [3.63, 3.8) is 0 Å². The third-order valence-corrected chi connectivity index (χ3v) is 3.70. The molecular formula is C16H26N2O. The second-order valence-corrected chi connectivity index (χ2v) is 6.02. The molecule has 0 aromatic heterocycles. The van der Waals surface area contributed by atoms with Crippen molar-refractivity contribution < 1.29 is 4.74 Å². The largest absolute Gasteiger partial charge is 0.487 e. The number of ether oxygens (including phenoxy) is 1. The van der Waals surface area contributed by atoms with Crippen LogP contribution in [0.1, 0.15) is 31.9 Å². The van der Waals surface area contributed by atoms with Gasteiger partial charge in [-0.15, -0.1) is 0 Å². The van der Waals surface area contributed by atoms with Crippen LogP contribution in [0.15, 0.2) is 18.2 Å². The van der Waals surface area contributed by atoms with Crippen molar-refractivity contribution in [2.45, 2.75) is 39.3 Å². The highest BCUT2D eigenvalue weighted by atomic mass is 16.5. The van der Waals surface area contributed by atoms with Gasteiger partial charge in [-0.25, -0.2) is 0 Å². The molecule has 1 aliphatic rings. The molecule has 0 aliphatic carbocycles. The molecule has 2 rings (SSSR count).